The van der Waals surface area contributed by atoms with Crippen molar-refractivity contribution in [2.75, 3.05) is 26.7 Å². The summed E-state index contributed by atoms with van der Waals surface area (Å²) < 4.78 is 0. The summed E-state index contributed by atoms with van der Waals surface area (Å²) in [5, 5.41) is 3.37. The molecule has 0 aliphatic carbocycles. The van der Waals surface area contributed by atoms with Crippen LogP contribution in [-0.4, -0.2) is 37.5 Å². The predicted octanol–water partition coefficient (Wildman–Crippen LogP) is 2.47. The van der Waals surface area contributed by atoms with Crippen molar-refractivity contribution in [3.8, 4) is 0 Å². The summed E-state index contributed by atoms with van der Waals surface area (Å²) >= 11 is 0. The minimum Gasteiger partial charge on any atom is -0.345 e. The van der Waals surface area contributed by atoms with E-state index in [-0.39, 0.29) is 0 Å². The fourth-order valence-electron chi connectivity index (χ4n) is 2.83. The van der Waals surface area contributed by atoms with Gasteiger partial charge in [0.05, 0.1) is 0 Å². The summed E-state index contributed by atoms with van der Waals surface area (Å²) in [4.78, 5) is 14.0. The molecule has 1 heterocycles. The van der Waals surface area contributed by atoms with Gasteiger partial charge in [-0.25, -0.2) is 0 Å². The zero-order valence-electron chi connectivity index (χ0n) is 12.5. The first-order chi connectivity index (χ1) is 9.75. The fourth-order valence-corrected chi connectivity index (χ4v) is 2.83. The molecule has 0 radical (unpaired) electrons. The van der Waals surface area contributed by atoms with Crippen LogP contribution in [0.2, 0.25) is 0 Å². The molecule has 0 saturated carbocycles. The number of piperidine rings is 1. The first kappa shape index (κ1) is 15.0. The minimum atomic E-state index is 0.291. The van der Waals surface area contributed by atoms with Crippen LogP contribution < -0.4 is 5.32 Å². The van der Waals surface area contributed by atoms with Gasteiger partial charge in [0.15, 0.2) is 0 Å². The highest BCUT2D eigenvalue weighted by Crippen LogP contribution is 2.13. The van der Waals surface area contributed by atoms with Crippen LogP contribution in [0.1, 0.15) is 31.2 Å². The van der Waals surface area contributed by atoms with Crippen molar-refractivity contribution in [1.82, 2.24) is 10.2 Å². The first-order valence-corrected chi connectivity index (χ1v) is 7.74. The zero-order chi connectivity index (χ0) is 14.2. The highest BCUT2D eigenvalue weighted by atomic mass is 16.2. The topological polar surface area (TPSA) is 32.3 Å². The minimum absolute atomic E-state index is 0.291. The molecule has 1 aliphatic rings. The Morgan fingerprint density at radius 2 is 1.95 bits per heavy atom. The van der Waals surface area contributed by atoms with E-state index in [0.29, 0.717) is 18.2 Å². The molecule has 2 rings (SSSR count). The Labute approximate surface area is 122 Å². The molecule has 1 N–H and O–H groups in total. The average Bonchev–Trinajstić information content (AvgIpc) is 2.49. The number of carbonyl (C=O) groups is 1. The molecule has 0 bridgehead atoms. The highest BCUT2D eigenvalue weighted by molar-refractivity contribution is 5.75. The Morgan fingerprint density at radius 3 is 2.65 bits per heavy atom. The maximum atomic E-state index is 12.1. The highest BCUT2D eigenvalue weighted by Gasteiger charge is 2.17. The van der Waals surface area contributed by atoms with E-state index in [1.165, 1.54) is 18.4 Å². The van der Waals surface area contributed by atoms with Crippen LogP contribution >= 0.6 is 0 Å². The van der Waals surface area contributed by atoms with E-state index in [0.717, 1.165) is 32.5 Å². The Hall–Kier alpha value is -1.35. The summed E-state index contributed by atoms with van der Waals surface area (Å²) in [5.74, 6) is 0.971. The lowest BCUT2D eigenvalue weighted by Crippen LogP contribution is -2.37. The van der Waals surface area contributed by atoms with Gasteiger partial charge < -0.3 is 10.2 Å². The van der Waals surface area contributed by atoms with Crippen molar-refractivity contribution in [3.63, 3.8) is 0 Å². The molecule has 1 fully saturated rings. The third-order valence-electron chi connectivity index (χ3n) is 4.12. The number of nitrogens with one attached hydrogen (secondary N) is 1. The molecule has 0 aromatic heterocycles. The second-order valence-corrected chi connectivity index (χ2v) is 5.81. The summed E-state index contributed by atoms with van der Waals surface area (Å²) in [5.41, 5.74) is 1.32. The molecule has 1 aromatic rings. The normalized spacial score (nSPS) is 16.1. The van der Waals surface area contributed by atoms with Gasteiger partial charge in [-0.3, -0.25) is 4.79 Å². The van der Waals surface area contributed by atoms with Crippen LogP contribution in [0, 0.1) is 5.92 Å². The average molecular weight is 274 g/mol. The van der Waals surface area contributed by atoms with Gasteiger partial charge in [0.1, 0.15) is 0 Å². The SMILES string of the molecule is CN(CC1CCNCC1)C(=O)CCCc1ccccc1. The molecule has 1 amide bonds. The van der Waals surface area contributed by atoms with E-state index < -0.39 is 0 Å². The maximum absolute atomic E-state index is 12.1. The third kappa shape index (κ3) is 4.97. The van der Waals surface area contributed by atoms with Gasteiger partial charge in [-0.15, -0.1) is 0 Å². The molecule has 1 aromatic carbocycles. The van der Waals surface area contributed by atoms with E-state index in [9.17, 15) is 4.79 Å². The number of hydrogen-bond donors (Lipinski definition) is 1. The van der Waals surface area contributed by atoms with E-state index >= 15 is 0 Å². The standard InChI is InChI=1S/C17H26N2O/c1-19(14-16-10-12-18-13-11-16)17(20)9-5-8-15-6-3-2-4-7-15/h2-4,6-7,16,18H,5,8-14H2,1H3. The largest absolute Gasteiger partial charge is 0.345 e. The van der Waals surface area contributed by atoms with Crippen molar-refractivity contribution in [3.05, 3.63) is 35.9 Å². The summed E-state index contributed by atoms with van der Waals surface area (Å²) in [6, 6.07) is 10.4. The Balaban J connectivity index is 1.65. The number of benzene rings is 1. The molecule has 3 nitrogen and oxygen atoms in total. The zero-order valence-corrected chi connectivity index (χ0v) is 12.5. The van der Waals surface area contributed by atoms with E-state index in [1.54, 1.807) is 0 Å². The van der Waals surface area contributed by atoms with Gasteiger partial charge in [0.2, 0.25) is 5.91 Å². The number of carbonyl (C=O) groups excluding carboxylic acids is 1. The van der Waals surface area contributed by atoms with Gasteiger partial charge in [-0.1, -0.05) is 30.3 Å². The van der Waals surface area contributed by atoms with Crippen LogP contribution in [0.5, 0.6) is 0 Å². The summed E-state index contributed by atoms with van der Waals surface area (Å²) in [6.07, 6.45) is 4.99. The van der Waals surface area contributed by atoms with E-state index in [4.69, 9.17) is 0 Å². The van der Waals surface area contributed by atoms with Crippen LogP contribution in [0.15, 0.2) is 30.3 Å². The fraction of sp³-hybridized carbons (Fsp3) is 0.588. The predicted molar refractivity (Wildman–Crippen MR) is 82.6 cm³/mol. The molecule has 110 valence electrons. The summed E-state index contributed by atoms with van der Waals surface area (Å²) in [6.45, 7) is 3.12. The number of hydrogen-bond acceptors (Lipinski definition) is 2. The Bertz CT molecular complexity index is 399. The molecule has 1 saturated heterocycles. The summed E-state index contributed by atoms with van der Waals surface area (Å²) in [7, 11) is 1.95. The van der Waals surface area contributed by atoms with Crippen LogP contribution in [0.3, 0.4) is 0 Å². The quantitative estimate of drug-likeness (QED) is 0.864. The van der Waals surface area contributed by atoms with Crippen LogP contribution in [0.4, 0.5) is 0 Å². The van der Waals surface area contributed by atoms with Crippen LogP contribution in [0.25, 0.3) is 0 Å². The van der Waals surface area contributed by atoms with Gasteiger partial charge in [0.25, 0.3) is 0 Å². The number of aryl methyl sites for hydroxylation is 1. The number of amides is 1. The molecule has 1 aliphatic heterocycles. The second-order valence-electron chi connectivity index (χ2n) is 5.81. The lowest BCUT2D eigenvalue weighted by atomic mass is 9.97. The lowest BCUT2D eigenvalue weighted by Gasteiger charge is -2.27. The number of nitrogens with zero attached hydrogens (tertiary/aromatic N) is 1. The first-order valence-electron chi connectivity index (χ1n) is 7.74. The van der Waals surface area contributed by atoms with Gasteiger partial charge >= 0.3 is 0 Å². The van der Waals surface area contributed by atoms with E-state index in [2.05, 4.69) is 29.6 Å². The van der Waals surface area contributed by atoms with Gasteiger partial charge in [0, 0.05) is 20.0 Å². The molecule has 0 spiro atoms. The van der Waals surface area contributed by atoms with E-state index in [1.807, 2.05) is 18.0 Å². The number of rotatable bonds is 6. The second kappa shape index (κ2) is 8.05. The van der Waals surface area contributed by atoms with Crippen molar-refractivity contribution in [2.45, 2.75) is 32.1 Å². The van der Waals surface area contributed by atoms with Crippen LogP contribution in [-0.2, 0) is 11.2 Å². The molecule has 0 atom stereocenters. The molecule has 20 heavy (non-hydrogen) atoms. The van der Waals surface area contributed by atoms with Crippen molar-refractivity contribution >= 4 is 5.91 Å². The third-order valence-corrected chi connectivity index (χ3v) is 4.12. The lowest BCUT2D eigenvalue weighted by molar-refractivity contribution is -0.130. The van der Waals surface area contributed by atoms with Crippen molar-refractivity contribution in [1.29, 1.82) is 0 Å². The molecule has 0 unspecified atom stereocenters. The Morgan fingerprint density at radius 1 is 1.25 bits per heavy atom. The molecule has 3 heteroatoms. The molecular weight excluding hydrogens is 248 g/mol. The smallest absolute Gasteiger partial charge is 0.222 e. The van der Waals surface area contributed by atoms with Gasteiger partial charge in [-0.05, 0) is 50.3 Å². The monoisotopic (exact) mass is 274 g/mol. The Kier molecular flexibility index (Phi) is 6.06. The van der Waals surface area contributed by atoms with Gasteiger partial charge in [-0.2, -0.15) is 0 Å². The molecular formula is C17H26N2O. The van der Waals surface area contributed by atoms with Crippen molar-refractivity contribution in [2.24, 2.45) is 5.92 Å². The maximum Gasteiger partial charge on any atom is 0.222 e. The van der Waals surface area contributed by atoms with Crippen molar-refractivity contribution < 1.29 is 4.79 Å².